The molecule has 0 bridgehead atoms. The Hall–Kier alpha value is -6.01. The second-order valence-corrected chi connectivity index (χ2v) is 21.0. The highest BCUT2D eigenvalue weighted by molar-refractivity contribution is 7.92. The van der Waals surface area contributed by atoms with Crippen LogP contribution in [0.15, 0.2) is 73.1 Å². The molecule has 5 heterocycles. The molecule has 1 aliphatic carbocycles. The van der Waals surface area contributed by atoms with Crippen molar-refractivity contribution in [3.05, 3.63) is 89.4 Å². The van der Waals surface area contributed by atoms with E-state index in [1.54, 1.807) is 43.6 Å². The number of hydrogen-bond donors (Lipinski definition) is 3. The van der Waals surface area contributed by atoms with Gasteiger partial charge in [-0.3, -0.25) is 24.4 Å². The maximum Gasteiger partial charge on any atom is 0.234 e. The van der Waals surface area contributed by atoms with Gasteiger partial charge in [-0.1, -0.05) is 45.9 Å². The minimum Gasteiger partial charge on any atom is -0.490 e. The summed E-state index contributed by atoms with van der Waals surface area (Å²) in [5, 5.41) is 6.43. The number of piperidine rings is 2. The number of hydrogen-bond acceptors (Lipinski definition) is 13. The van der Waals surface area contributed by atoms with Crippen LogP contribution in [0.5, 0.6) is 11.6 Å². The van der Waals surface area contributed by atoms with Gasteiger partial charge >= 0.3 is 0 Å². The molecular formula is C48H55FN8O7S2. The van der Waals surface area contributed by atoms with Gasteiger partial charge in [0.15, 0.2) is 5.82 Å². The number of likely N-dealkylation sites (tertiary alicyclic amines) is 1. The number of aromatic nitrogens is 4. The molecule has 66 heavy (non-hydrogen) atoms. The topological polar surface area (TPSA) is 195 Å². The molecule has 2 aromatic carbocycles. The van der Waals surface area contributed by atoms with Crippen LogP contribution >= 0.6 is 11.3 Å². The Morgan fingerprint density at radius 2 is 1.68 bits per heavy atom. The monoisotopic (exact) mass is 938 g/mol. The quantitative estimate of drug-likeness (QED) is 0.0900. The summed E-state index contributed by atoms with van der Waals surface area (Å²) in [4.78, 5) is 58.5. The zero-order valence-electron chi connectivity index (χ0n) is 37.5. The zero-order chi connectivity index (χ0) is 46.6. The summed E-state index contributed by atoms with van der Waals surface area (Å²) >= 11 is 1.40. The van der Waals surface area contributed by atoms with Gasteiger partial charge in [0.25, 0.3) is 0 Å². The van der Waals surface area contributed by atoms with E-state index in [0.29, 0.717) is 84.7 Å². The Morgan fingerprint density at radius 3 is 2.39 bits per heavy atom. The number of ether oxygens (including phenoxy) is 2. The Kier molecular flexibility index (Phi) is 14.0. The van der Waals surface area contributed by atoms with Gasteiger partial charge in [0, 0.05) is 79.5 Å². The first-order chi connectivity index (χ1) is 31.6. The van der Waals surface area contributed by atoms with Crippen molar-refractivity contribution in [2.45, 2.75) is 109 Å². The fraction of sp³-hybridized carbons (Fsp3) is 0.438. The first-order valence-corrected chi connectivity index (χ1v) is 25.0. The van der Waals surface area contributed by atoms with Gasteiger partial charge in [-0.25, -0.2) is 32.7 Å². The summed E-state index contributed by atoms with van der Waals surface area (Å²) in [6.07, 6.45) is 8.70. The molecule has 3 aromatic heterocycles. The molecule has 1 atom stereocenters. The number of imide groups is 1. The maximum atomic E-state index is 16.1. The maximum absolute atomic E-state index is 16.1. The average molecular weight is 939 g/mol. The second-order valence-electron chi connectivity index (χ2n) is 18.1. The van der Waals surface area contributed by atoms with E-state index in [4.69, 9.17) is 19.4 Å². The van der Waals surface area contributed by atoms with Gasteiger partial charge in [-0.15, -0.1) is 11.3 Å². The number of carbonyl (C=O) groups is 3. The van der Waals surface area contributed by atoms with Gasteiger partial charge in [0.2, 0.25) is 39.6 Å². The van der Waals surface area contributed by atoms with E-state index in [2.05, 4.69) is 25.3 Å². The van der Waals surface area contributed by atoms with Crippen LogP contribution in [0.4, 0.5) is 21.7 Å². The van der Waals surface area contributed by atoms with E-state index >= 15 is 4.39 Å². The molecule has 2 aliphatic heterocycles. The third-order valence-electron chi connectivity index (χ3n) is 12.0. The summed E-state index contributed by atoms with van der Waals surface area (Å²) < 4.78 is 56.2. The van der Waals surface area contributed by atoms with Crippen LogP contribution in [0, 0.1) is 11.7 Å². The van der Waals surface area contributed by atoms with Crippen LogP contribution in [0.2, 0.25) is 0 Å². The summed E-state index contributed by atoms with van der Waals surface area (Å²) in [6.45, 7) is 9.04. The van der Waals surface area contributed by atoms with E-state index in [1.165, 1.54) is 17.4 Å². The standard InChI is InChI=1S/C48H55FN8O7S2/c1-5-26-66(61,62)56-37-11-7-10-36(41(37)49)42-43(65-46(55-42)48(2,3)4)38-20-23-50-47(53-38)52-31-8-6-9-34(27-31)63-33-21-24-57(25-22-33)45(60)29-12-15-32(16-13-29)64-40-19-14-30(28-51-40)35-17-18-39(58)54-44(35)59/h6-11,14,19-20,23,27-29,32-33,35,56H,5,12-13,15-18,21-22,24-26H2,1-4H3,(H,50,52,53)(H,54,58,59). The molecule has 2 saturated heterocycles. The Labute approximate surface area is 388 Å². The number of benzene rings is 2. The molecule has 5 aromatic rings. The average Bonchev–Trinajstić information content (AvgIpc) is 3.75. The first kappa shape index (κ1) is 46.5. The number of amides is 3. The number of pyridine rings is 1. The molecule has 15 nitrogen and oxygen atoms in total. The van der Waals surface area contributed by atoms with Crippen LogP contribution in [-0.4, -0.2) is 82.0 Å². The number of thiazole rings is 1. The van der Waals surface area contributed by atoms with Gasteiger partial charge < -0.3 is 19.7 Å². The second kappa shape index (κ2) is 19.8. The molecule has 3 aliphatic rings. The zero-order valence-corrected chi connectivity index (χ0v) is 39.1. The number of rotatable bonds is 14. The Balaban J connectivity index is 0.847. The van der Waals surface area contributed by atoms with Gasteiger partial charge in [0.1, 0.15) is 18.0 Å². The summed E-state index contributed by atoms with van der Waals surface area (Å²) in [7, 11) is -3.73. The fourth-order valence-corrected chi connectivity index (χ4v) is 10.8. The number of halogens is 1. The van der Waals surface area contributed by atoms with Crippen molar-refractivity contribution >= 4 is 56.4 Å². The van der Waals surface area contributed by atoms with Crippen molar-refractivity contribution in [3.8, 4) is 33.5 Å². The first-order valence-electron chi connectivity index (χ1n) is 22.6. The molecule has 348 valence electrons. The van der Waals surface area contributed by atoms with Gasteiger partial charge in [0.05, 0.1) is 38.6 Å². The lowest BCUT2D eigenvalue weighted by atomic mass is 9.86. The lowest BCUT2D eigenvalue weighted by molar-refractivity contribution is -0.139. The predicted octanol–water partition coefficient (Wildman–Crippen LogP) is 8.52. The minimum absolute atomic E-state index is 0.0423. The van der Waals surface area contributed by atoms with Gasteiger partial charge in [-0.05, 0) is 74.4 Å². The summed E-state index contributed by atoms with van der Waals surface area (Å²) in [6, 6.07) is 17.5. The van der Waals surface area contributed by atoms with Gasteiger partial charge in [-0.2, -0.15) is 0 Å². The van der Waals surface area contributed by atoms with E-state index in [1.807, 2.05) is 56.0 Å². The van der Waals surface area contributed by atoms with Crippen LogP contribution < -0.4 is 24.8 Å². The molecule has 3 amide bonds. The molecule has 0 radical (unpaired) electrons. The predicted molar refractivity (Wildman–Crippen MR) is 251 cm³/mol. The summed E-state index contributed by atoms with van der Waals surface area (Å²) in [5.41, 5.74) is 2.00. The van der Waals surface area contributed by atoms with Crippen molar-refractivity contribution in [1.82, 2.24) is 30.2 Å². The number of nitrogens with zero attached hydrogens (tertiary/aromatic N) is 5. The van der Waals surface area contributed by atoms with Crippen molar-refractivity contribution in [3.63, 3.8) is 0 Å². The van der Waals surface area contributed by atoms with E-state index in [9.17, 15) is 22.8 Å². The van der Waals surface area contributed by atoms with Crippen LogP contribution in [0.3, 0.4) is 0 Å². The molecule has 1 saturated carbocycles. The van der Waals surface area contributed by atoms with E-state index in [-0.39, 0.29) is 58.3 Å². The van der Waals surface area contributed by atoms with Crippen molar-refractivity contribution < 1.29 is 36.7 Å². The normalized spacial score (nSPS) is 19.5. The highest BCUT2D eigenvalue weighted by atomic mass is 32.2. The van der Waals surface area contributed by atoms with Crippen molar-refractivity contribution in [1.29, 1.82) is 0 Å². The number of sulfonamides is 1. The fourth-order valence-electron chi connectivity index (χ4n) is 8.52. The molecule has 3 N–H and O–H groups in total. The number of nitrogens with one attached hydrogen (secondary N) is 3. The van der Waals surface area contributed by atoms with Crippen LogP contribution in [0.25, 0.3) is 21.8 Å². The molecular weight excluding hydrogens is 884 g/mol. The Bertz CT molecular complexity index is 2680. The lowest BCUT2D eigenvalue weighted by Gasteiger charge is -2.36. The highest BCUT2D eigenvalue weighted by Gasteiger charge is 2.34. The SMILES string of the molecule is CCCS(=O)(=O)Nc1cccc(-c2nc(C(C)(C)C)sc2-c2ccnc(Nc3cccc(OC4CCN(C(=O)C5CCC(Oc6ccc(C7CCC(=O)NC7=O)cn6)CC5)CC4)c3)n2)c1F. The highest BCUT2D eigenvalue weighted by Crippen LogP contribution is 2.42. The Morgan fingerprint density at radius 1 is 0.924 bits per heavy atom. The molecule has 18 heteroatoms. The number of carbonyl (C=O) groups excluding carboxylic acids is 3. The molecule has 8 rings (SSSR count). The van der Waals surface area contributed by atoms with E-state index < -0.39 is 21.8 Å². The van der Waals surface area contributed by atoms with Crippen molar-refractivity contribution in [2.75, 3.05) is 28.9 Å². The largest absolute Gasteiger partial charge is 0.490 e. The van der Waals surface area contributed by atoms with Crippen LogP contribution in [0.1, 0.15) is 102 Å². The summed E-state index contributed by atoms with van der Waals surface area (Å²) in [5.74, 6) is -0.186. The van der Waals surface area contributed by atoms with Crippen molar-refractivity contribution in [2.24, 2.45) is 5.92 Å². The number of anilines is 3. The lowest BCUT2D eigenvalue weighted by Crippen LogP contribution is -2.45. The third-order valence-corrected chi connectivity index (χ3v) is 15.0. The smallest absolute Gasteiger partial charge is 0.234 e. The van der Waals surface area contributed by atoms with E-state index in [0.717, 1.165) is 36.3 Å². The molecule has 3 fully saturated rings. The molecule has 1 unspecified atom stereocenters. The third kappa shape index (κ3) is 11.1. The minimum atomic E-state index is -3.73. The van der Waals surface area contributed by atoms with Crippen LogP contribution in [-0.2, 0) is 29.8 Å². The molecule has 0 spiro atoms.